The summed E-state index contributed by atoms with van der Waals surface area (Å²) in [6.45, 7) is 0.691. The lowest BCUT2D eigenvalue weighted by molar-refractivity contribution is -0.124. The highest BCUT2D eigenvalue weighted by atomic mass is 16.2. The third-order valence-corrected chi connectivity index (χ3v) is 2.51. The summed E-state index contributed by atoms with van der Waals surface area (Å²) in [5.41, 5.74) is 1.05. The van der Waals surface area contributed by atoms with E-state index in [0.29, 0.717) is 6.54 Å². The van der Waals surface area contributed by atoms with Crippen LogP contribution in [0, 0.1) is 0 Å². The molecule has 0 aromatic heterocycles. The molecular formula is C9H9N3O. The second kappa shape index (κ2) is 2.16. The molecule has 0 radical (unpaired) electrons. The molecule has 1 saturated heterocycles. The van der Waals surface area contributed by atoms with Gasteiger partial charge in [-0.05, 0) is 12.2 Å². The average molecular weight is 175 g/mol. The van der Waals surface area contributed by atoms with Crippen LogP contribution in [0.5, 0.6) is 0 Å². The molecule has 2 N–H and O–H groups in total. The van der Waals surface area contributed by atoms with Crippen molar-refractivity contribution >= 4 is 5.91 Å². The van der Waals surface area contributed by atoms with Gasteiger partial charge in [0, 0.05) is 12.7 Å². The van der Waals surface area contributed by atoms with Crippen LogP contribution in [0.2, 0.25) is 0 Å². The molecule has 0 bridgehead atoms. The van der Waals surface area contributed by atoms with E-state index in [1.54, 1.807) is 6.20 Å². The van der Waals surface area contributed by atoms with Crippen molar-refractivity contribution in [3.63, 3.8) is 0 Å². The van der Waals surface area contributed by atoms with Gasteiger partial charge in [-0.25, -0.2) is 0 Å². The van der Waals surface area contributed by atoms with Crippen molar-refractivity contribution in [2.45, 2.75) is 6.04 Å². The van der Waals surface area contributed by atoms with E-state index in [1.807, 2.05) is 23.1 Å². The SMILES string of the molecule is O=C1NC=C2C=CC=C3NCC1N23. The maximum atomic E-state index is 11.4. The summed E-state index contributed by atoms with van der Waals surface area (Å²) in [6.07, 6.45) is 7.69. The quantitative estimate of drug-likeness (QED) is 0.528. The Morgan fingerprint density at radius 2 is 2.46 bits per heavy atom. The highest BCUT2D eigenvalue weighted by Crippen LogP contribution is 2.27. The van der Waals surface area contributed by atoms with Crippen LogP contribution in [0.4, 0.5) is 0 Å². The minimum absolute atomic E-state index is 0.0648. The van der Waals surface area contributed by atoms with Crippen molar-refractivity contribution in [3.05, 3.63) is 35.9 Å². The van der Waals surface area contributed by atoms with Crippen molar-refractivity contribution in [1.29, 1.82) is 0 Å². The number of hydrogen-bond acceptors (Lipinski definition) is 3. The molecule has 0 aromatic rings. The van der Waals surface area contributed by atoms with Gasteiger partial charge in [0.25, 0.3) is 0 Å². The Morgan fingerprint density at radius 1 is 1.54 bits per heavy atom. The van der Waals surface area contributed by atoms with Crippen LogP contribution in [0.3, 0.4) is 0 Å². The smallest absolute Gasteiger partial charge is 0.248 e. The fourth-order valence-electron chi connectivity index (χ4n) is 1.89. The van der Waals surface area contributed by atoms with Crippen LogP contribution in [-0.4, -0.2) is 23.4 Å². The molecule has 13 heavy (non-hydrogen) atoms. The Bertz CT molecular complexity index is 367. The van der Waals surface area contributed by atoms with Crippen LogP contribution in [0.1, 0.15) is 0 Å². The van der Waals surface area contributed by atoms with Gasteiger partial charge in [0.2, 0.25) is 5.91 Å². The summed E-state index contributed by atoms with van der Waals surface area (Å²) in [7, 11) is 0. The summed E-state index contributed by atoms with van der Waals surface area (Å²) in [4.78, 5) is 13.4. The van der Waals surface area contributed by atoms with E-state index >= 15 is 0 Å². The third kappa shape index (κ3) is 0.771. The minimum atomic E-state index is -0.0730. The molecule has 3 aliphatic heterocycles. The van der Waals surface area contributed by atoms with Crippen molar-refractivity contribution in [3.8, 4) is 0 Å². The lowest BCUT2D eigenvalue weighted by Crippen LogP contribution is -2.46. The second-order valence-electron chi connectivity index (χ2n) is 3.26. The monoisotopic (exact) mass is 175 g/mol. The lowest BCUT2D eigenvalue weighted by Gasteiger charge is -2.31. The first-order chi connectivity index (χ1) is 6.36. The summed E-state index contributed by atoms with van der Waals surface area (Å²) in [5, 5.41) is 5.94. The summed E-state index contributed by atoms with van der Waals surface area (Å²) < 4.78 is 0. The number of nitrogens with one attached hydrogen (secondary N) is 2. The fourth-order valence-corrected chi connectivity index (χ4v) is 1.89. The van der Waals surface area contributed by atoms with Crippen LogP contribution in [0.15, 0.2) is 35.9 Å². The highest BCUT2D eigenvalue weighted by Gasteiger charge is 2.37. The lowest BCUT2D eigenvalue weighted by atomic mass is 10.1. The molecule has 4 nitrogen and oxygen atoms in total. The Balaban J connectivity index is 2.13. The van der Waals surface area contributed by atoms with E-state index in [0.717, 1.165) is 11.5 Å². The van der Waals surface area contributed by atoms with Crippen molar-refractivity contribution in [2.75, 3.05) is 6.54 Å². The van der Waals surface area contributed by atoms with Crippen LogP contribution >= 0.6 is 0 Å². The molecular weight excluding hydrogens is 166 g/mol. The van der Waals surface area contributed by atoms with Gasteiger partial charge in [-0.15, -0.1) is 0 Å². The first-order valence-corrected chi connectivity index (χ1v) is 4.28. The van der Waals surface area contributed by atoms with Crippen LogP contribution in [0.25, 0.3) is 0 Å². The van der Waals surface area contributed by atoms with E-state index in [1.165, 1.54) is 0 Å². The van der Waals surface area contributed by atoms with E-state index in [9.17, 15) is 4.79 Å². The van der Waals surface area contributed by atoms with Crippen molar-refractivity contribution in [1.82, 2.24) is 15.5 Å². The number of nitrogens with zero attached hydrogens (tertiary/aromatic N) is 1. The zero-order valence-corrected chi connectivity index (χ0v) is 6.95. The molecule has 4 heteroatoms. The summed E-state index contributed by atoms with van der Waals surface area (Å²) in [6, 6.07) is -0.0730. The molecule has 1 atom stereocenters. The molecule has 0 aromatic carbocycles. The Kier molecular flexibility index (Phi) is 1.12. The molecule has 3 aliphatic rings. The molecule has 0 saturated carbocycles. The summed E-state index contributed by atoms with van der Waals surface area (Å²) in [5.74, 6) is 1.09. The first-order valence-electron chi connectivity index (χ1n) is 4.28. The Labute approximate surface area is 75.6 Å². The van der Waals surface area contributed by atoms with Gasteiger partial charge in [0.15, 0.2) is 0 Å². The molecule has 3 rings (SSSR count). The van der Waals surface area contributed by atoms with Crippen molar-refractivity contribution in [2.24, 2.45) is 0 Å². The largest absolute Gasteiger partial charge is 0.369 e. The molecule has 1 unspecified atom stereocenters. The normalized spacial score (nSPS) is 28.8. The van der Waals surface area contributed by atoms with E-state index in [2.05, 4.69) is 10.6 Å². The number of rotatable bonds is 0. The maximum Gasteiger partial charge on any atom is 0.248 e. The second-order valence-corrected chi connectivity index (χ2v) is 3.26. The van der Waals surface area contributed by atoms with Gasteiger partial charge in [-0.1, -0.05) is 6.08 Å². The number of allylic oxidation sites excluding steroid dienone is 3. The average Bonchev–Trinajstić information content (AvgIpc) is 2.57. The predicted octanol–water partition coefficient (Wildman–Crippen LogP) is -0.357. The summed E-state index contributed by atoms with van der Waals surface area (Å²) >= 11 is 0. The topological polar surface area (TPSA) is 44.4 Å². The number of carbonyl (C=O) groups excluding carboxylic acids is 1. The van der Waals surface area contributed by atoms with Crippen LogP contribution < -0.4 is 10.6 Å². The van der Waals surface area contributed by atoms with Gasteiger partial charge >= 0.3 is 0 Å². The molecule has 0 spiro atoms. The predicted molar refractivity (Wildman–Crippen MR) is 47.1 cm³/mol. The zero-order chi connectivity index (χ0) is 8.84. The van der Waals surface area contributed by atoms with Gasteiger partial charge in [0.05, 0.1) is 5.70 Å². The fraction of sp³-hybridized carbons (Fsp3) is 0.222. The minimum Gasteiger partial charge on any atom is -0.369 e. The number of carbonyl (C=O) groups is 1. The highest BCUT2D eigenvalue weighted by molar-refractivity contribution is 5.85. The molecule has 3 heterocycles. The molecule has 66 valence electrons. The Morgan fingerprint density at radius 3 is 3.38 bits per heavy atom. The number of amides is 1. The maximum absolute atomic E-state index is 11.4. The number of hydrogen-bond donors (Lipinski definition) is 2. The third-order valence-electron chi connectivity index (χ3n) is 2.51. The van der Waals surface area contributed by atoms with Gasteiger partial charge in [-0.2, -0.15) is 0 Å². The van der Waals surface area contributed by atoms with Gasteiger partial charge < -0.3 is 15.5 Å². The van der Waals surface area contributed by atoms with Crippen molar-refractivity contribution < 1.29 is 4.79 Å². The molecule has 1 amide bonds. The van der Waals surface area contributed by atoms with Gasteiger partial charge in [0.1, 0.15) is 11.9 Å². The van der Waals surface area contributed by atoms with Gasteiger partial charge in [-0.3, -0.25) is 4.79 Å². The molecule has 1 fully saturated rings. The van der Waals surface area contributed by atoms with E-state index < -0.39 is 0 Å². The molecule has 0 aliphatic carbocycles. The van der Waals surface area contributed by atoms with Crippen LogP contribution in [-0.2, 0) is 4.79 Å². The Hall–Kier alpha value is -1.71. The zero-order valence-electron chi connectivity index (χ0n) is 6.95. The van der Waals surface area contributed by atoms with E-state index in [4.69, 9.17) is 0 Å². The standard InChI is InChI=1S/C9H9N3O/c13-9-7-5-10-8-3-1-2-6(4-11-9)12(7)8/h1-4,7,10H,5H2,(H,11,13). The first kappa shape index (κ1) is 6.77. The van der Waals surface area contributed by atoms with E-state index in [-0.39, 0.29) is 11.9 Å².